The van der Waals surface area contributed by atoms with E-state index in [1.807, 2.05) is 13.0 Å². The Balaban J connectivity index is 2.06. The first-order valence-corrected chi connectivity index (χ1v) is 6.66. The van der Waals surface area contributed by atoms with Crippen molar-refractivity contribution in [3.05, 3.63) is 29.3 Å². The van der Waals surface area contributed by atoms with Gasteiger partial charge in [-0.2, -0.15) is 0 Å². The van der Waals surface area contributed by atoms with E-state index >= 15 is 0 Å². The molecule has 18 heavy (non-hydrogen) atoms. The number of nitrogen functional groups attached to an aromatic ring is 1. The molecule has 1 aliphatic carbocycles. The highest BCUT2D eigenvalue weighted by Gasteiger charge is 2.30. The Kier molecular flexibility index (Phi) is 3.60. The molecule has 0 bridgehead atoms. The molecule has 1 aromatic carbocycles. The Labute approximate surface area is 109 Å². The zero-order valence-electron chi connectivity index (χ0n) is 11.4. The van der Waals surface area contributed by atoms with Crippen molar-refractivity contribution in [1.29, 1.82) is 0 Å². The van der Waals surface area contributed by atoms with E-state index in [2.05, 4.69) is 19.2 Å². The first-order valence-electron chi connectivity index (χ1n) is 6.66. The van der Waals surface area contributed by atoms with Crippen molar-refractivity contribution in [3.63, 3.8) is 0 Å². The lowest BCUT2D eigenvalue weighted by Gasteiger charge is -2.19. The number of benzene rings is 1. The van der Waals surface area contributed by atoms with Gasteiger partial charge in [0.15, 0.2) is 0 Å². The molecule has 3 N–H and O–H groups in total. The van der Waals surface area contributed by atoms with Crippen LogP contribution in [0, 0.1) is 18.8 Å². The third kappa shape index (κ3) is 2.50. The summed E-state index contributed by atoms with van der Waals surface area (Å²) in [5.74, 6) is 1.27. The molecule has 1 aliphatic rings. The lowest BCUT2D eigenvalue weighted by molar-refractivity contribution is 0.0927. The molecule has 1 amide bonds. The van der Waals surface area contributed by atoms with Gasteiger partial charge in [-0.3, -0.25) is 4.79 Å². The number of nitrogens with one attached hydrogen (secondary N) is 1. The topological polar surface area (TPSA) is 55.1 Å². The smallest absolute Gasteiger partial charge is 0.251 e. The summed E-state index contributed by atoms with van der Waals surface area (Å²) in [5.41, 5.74) is 8.15. The number of aryl methyl sites for hydroxylation is 1. The summed E-state index contributed by atoms with van der Waals surface area (Å²) in [6.07, 6.45) is 2.29. The minimum atomic E-state index is 0.0176. The third-order valence-electron chi connectivity index (χ3n) is 4.31. The second kappa shape index (κ2) is 5.01. The van der Waals surface area contributed by atoms with E-state index in [9.17, 15) is 4.79 Å². The summed E-state index contributed by atoms with van der Waals surface area (Å²) in [6.45, 7) is 6.40. The van der Waals surface area contributed by atoms with Gasteiger partial charge >= 0.3 is 0 Å². The molecule has 0 heterocycles. The lowest BCUT2D eigenvalue weighted by atomic mass is 9.97. The van der Waals surface area contributed by atoms with Crippen molar-refractivity contribution in [2.24, 2.45) is 11.8 Å². The van der Waals surface area contributed by atoms with Gasteiger partial charge in [0.25, 0.3) is 5.91 Å². The van der Waals surface area contributed by atoms with E-state index in [0.717, 1.165) is 17.7 Å². The van der Waals surface area contributed by atoms with Crippen molar-refractivity contribution in [2.45, 2.75) is 39.7 Å². The minimum Gasteiger partial charge on any atom is -0.399 e. The minimum absolute atomic E-state index is 0.0176. The highest BCUT2D eigenvalue weighted by molar-refractivity contribution is 5.95. The molecule has 0 spiro atoms. The van der Waals surface area contributed by atoms with Gasteiger partial charge in [-0.05, 0) is 55.4 Å². The van der Waals surface area contributed by atoms with E-state index < -0.39 is 0 Å². The van der Waals surface area contributed by atoms with Gasteiger partial charge < -0.3 is 11.1 Å². The molecule has 3 nitrogen and oxygen atoms in total. The molecule has 0 aromatic heterocycles. The van der Waals surface area contributed by atoms with Crippen LogP contribution in [0.3, 0.4) is 0 Å². The molecule has 0 radical (unpaired) electrons. The number of rotatable bonds is 2. The number of carbonyl (C=O) groups is 1. The second-order valence-electron chi connectivity index (χ2n) is 5.57. The number of carbonyl (C=O) groups excluding carboxylic acids is 1. The molecule has 0 saturated heterocycles. The molecule has 3 unspecified atom stereocenters. The summed E-state index contributed by atoms with van der Waals surface area (Å²) < 4.78 is 0. The predicted octanol–water partition coefficient (Wildman–Crippen LogP) is 2.74. The van der Waals surface area contributed by atoms with Crippen molar-refractivity contribution in [1.82, 2.24) is 5.32 Å². The van der Waals surface area contributed by atoms with E-state index in [1.54, 1.807) is 12.1 Å². The summed E-state index contributed by atoms with van der Waals surface area (Å²) in [4.78, 5) is 12.2. The van der Waals surface area contributed by atoms with Gasteiger partial charge in [0.05, 0.1) is 0 Å². The number of nitrogens with two attached hydrogens (primary N) is 1. The van der Waals surface area contributed by atoms with E-state index in [1.165, 1.54) is 6.42 Å². The van der Waals surface area contributed by atoms with Gasteiger partial charge in [0.2, 0.25) is 0 Å². The Morgan fingerprint density at radius 2 is 2.06 bits per heavy atom. The van der Waals surface area contributed by atoms with Crippen LogP contribution in [0.1, 0.15) is 42.6 Å². The van der Waals surface area contributed by atoms with Gasteiger partial charge in [-0.15, -0.1) is 0 Å². The number of hydrogen-bond donors (Lipinski definition) is 2. The lowest BCUT2D eigenvalue weighted by Crippen LogP contribution is -2.37. The van der Waals surface area contributed by atoms with Crippen molar-refractivity contribution < 1.29 is 4.79 Å². The monoisotopic (exact) mass is 246 g/mol. The molecule has 2 rings (SSSR count). The van der Waals surface area contributed by atoms with Crippen LogP contribution < -0.4 is 11.1 Å². The molecule has 1 aromatic rings. The largest absolute Gasteiger partial charge is 0.399 e. The zero-order valence-corrected chi connectivity index (χ0v) is 11.4. The van der Waals surface area contributed by atoms with Crippen molar-refractivity contribution in [2.75, 3.05) is 5.73 Å². The summed E-state index contributed by atoms with van der Waals surface area (Å²) in [5, 5.41) is 3.14. The van der Waals surface area contributed by atoms with E-state index in [4.69, 9.17) is 5.73 Å². The molecule has 3 heteroatoms. The fourth-order valence-electron chi connectivity index (χ4n) is 2.64. The molecule has 1 saturated carbocycles. The van der Waals surface area contributed by atoms with Crippen LogP contribution in [0.25, 0.3) is 0 Å². The summed E-state index contributed by atoms with van der Waals surface area (Å²) in [6, 6.07) is 5.75. The third-order valence-corrected chi connectivity index (χ3v) is 4.31. The SMILES string of the molecule is Cc1cc(C(=O)NC2CCC(C)C2C)ccc1N. The fourth-order valence-corrected chi connectivity index (χ4v) is 2.64. The molecular formula is C15H22N2O. The van der Waals surface area contributed by atoms with E-state index in [-0.39, 0.29) is 5.91 Å². The van der Waals surface area contributed by atoms with Gasteiger partial charge in [-0.1, -0.05) is 13.8 Å². The van der Waals surface area contributed by atoms with Gasteiger partial charge in [0, 0.05) is 17.3 Å². The predicted molar refractivity (Wildman–Crippen MR) is 74.4 cm³/mol. The Morgan fingerprint density at radius 3 is 2.61 bits per heavy atom. The van der Waals surface area contributed by atoms with Crippen LogP contribution in [-0.4, -0.2) is 11.9 Å². The maximum Gasteiger partial charge on any atom is 0.251 e. The van der Waals surface area contributed by atoms with Crippen LogP contribution >= 0.6 is 0 Å². The first-order chi connectivity index (χ1) is 8.49. The fraction of sp³-hybridized carbons (Fsp3) is 0.533. The first kappa shape index (κ1) is 12.9. The average Bonchev–Trinajstić information content (AvgIpc) is 2.64. The number of anilines is 1. The Morgan fingerprint density at radius 1 is 1.33 bits per heavy atom. The Bertz CT molecular complexity index is 456. The Hall–Kier alpha value is -1.51. The van der Waals surface area contributed by atoms with Crippen LogP contribution in [0.2, 0.25) is 0 Å². The average molecular weight is 246 g/mol. The molecular weight excluding hydrogens is 224 g/mol. The molecule has 0 aliphatic heterocycles. The van der Waals surface area contributed by atoms with Gasteiger partial charge in [-0.25, -0.2) is 0 Å². The summed E-state index contributed by atoms with van der Waals surface area (Å²) >= 11 is 0. The molecule has 98 valence electrons. The maximum atomic E-state index is 12.2. The standard InChI is InChI=1S/C15H22N2O/c1-9-4-7-14(11(9)3)17-15(18)12-5-6-13(16)10(2)8-12/h5-6,8-9,11,14H,4,7,16H2,1-3H3,(H,17,18). The van der Waals surface area contributed by atoms with E-state index in [0.29, 0.717) is 23.4 Å². The number of amides is 1. The maximum absolute atomic E-state index is 12.2. The summed E-state index contributed by atoms with van der Waals surface area (Å²) in [7, 11) is 0. The highest BCUT2D eigenvalue weighted by atomic mass is 16.1. The van der Waals surface area contributed by atoms with Crippen LogP contribution in [0.5, 0.6) is 0 Å². The highest BCUT2D eigenvalue weighted by Crippen LogP contribution is 2.31. The van der Waals surface area contributed by atoms with Crippen molar-refractivity contribution >= 4 is 11.6 Å². The molecule has 1 fully saturated rings. The quantitative estimate of drug-likeness (QED) is 0.788. The zero-order chi connectivity index (χ0) is 13.3. The van der Waals surface area contributed by atoms with Crippen LogP contribution in [-0.2, 0) is 0 Å². The normalized spacial score (nSPS) is 27.2. The van der Waals surface area contributed by atoms with Gasteiger partial charge in [0.1, 0.15) is 0 Å². The van der Waals surface area contributed by atoms with Crippen LogP contribution in [0.4, 0.5) is 5.69 Å². The number of hydrogen-bond acceptors (Lipinski definition) is 2. The van der Waals surface area contributed by atoms with Crippen molar-refractivity contribution in [3.8, 4) is 0 Å². The molecule has 3 atom stereocenters. The second-order valence-corrected chi connectivity index (χ2v) is 5.57. The van der Waals surface area contributed by atoms with Crippen LogP contribution in [0.15, 0.2) is 18.2 Å².